The van der Waals surface area contributed by atoms with Crippen LogP contribution >= 0.6 is 11.8 Å². The molecule has 0 aliphatic carbocycles. The minimum absolute atomic E-state index is 0.0474. The van der Waals surface area contributed by atoms with Gasteiger partial charge in [-0.2, -0.15) is 0 Å². The van der Waals surface area contributed by atoms with Crippen LogP contribution in [0.1, 0.15) is 31.2 Å². The molecule has 1 heterocycles. The molecule has 0 radical (unpaired) electrons. The molecule has 1 aromatic heterocycles. The number of carbonyl (C=O) groups is 1. The molecule has 0 spiro atoms. The van der Waals surface area contributed by atoms with E-state index in [1.165, 1.54) is 11.8 Å². The van der Waals surface area contributed by atoms with Gasteiger partial charge in [0.15, 0.2) is 5.16 Å². The lowest BCUT2D eigenvalue weighted by atomic mass is 10.3. The second-order valence-electron chi connectivity index (χ2n) is 3.93. The summed E-state index contributed by atoms with van der Waals surface area (Å²) in [4.78, 5) is 20.0. The maximum atomic E-state index is 11.5. The van der Waals surface area contributed by atoms with Crippen LogP contribution in [0, 0.1) is 13.8 Å². The van der Waals surface area contributed by atoms with Crippen LogP contribution in [0.3, 0.4) is 0 Å². The number of amides is 1. The van der Waals surface area contributed by atoms with Crippen molar-refractivity contribution in [3.8, 4) is 0 Å². The standard InChI is InChI=1S/C12H19N3OS/c1-4-5-6-13-11(16)8-17-12-14-9(2)7-10(3)15-12/h7H,4-6,8H2,1-3H3,(H,13,16). The van der Waals surface area contributed by atoms with Crippen LogP contribution in [-0.2, 0) is 4.79 Å². The van der Waals surface area contributed by atoms with Gasteiger partial charge in [-0.3, -0.25) is 4.79 Å². The Morgan fingerprint density at radius 3 is 2.59 bits per heavy atom. The largest absolute Gasteiger partial charge is 0.355 e. The number of carbonyl (C=O) groups excluding carboxylic acids is 1. The maximum absolute atomic E-state index is 11.5. The summed E-state index contributed by atoms with van der Waals surface area (Å²) < 4.78 is 0. The third-order valence-electron chi connectivity index (χ3n) is 2.15. The molecule has 0 aromatic carbocycles. The van der Waals surface area contributed by atoms with Crippen LogP contribution in [-0.4, -0.2) is 28.2 Å². The first-order valence-electron chi connectivity index (χ1n) is 5.83. The van der Waals surface area contributed by atoms with Crippen molar-refractivity contribution in [1.82, 2.24) is 15.3 Å². The molecule has 94 valence electrons. The highest BCUT2D eigenvalue weighted by molar-refractivity contribution is 7.99. The first kappa shape index (κ1) is 14.0. The summed E-state index contributed by atoms with van der Waals surface area (Å²) in [6.07, 6.45) is 2.12. The van der Waals surface area contributed by atoms with Gasteiger partial charge in [-0.05, 0) is 26.3 Å². The molecule has 0 atom stereocenters. The summed E-state index contributed by atoms with van der Waals surface area (Å²) in [5.74, 6) is 0.429. The van der Waals surface area contributed by atoms with Crippen molar-refractivity contribution in [2.75, 3.05) is 12.3 Å². The van der Waals surface area contributed by atoms with Crippen molar-refractivity contribution in [2.45, 2.75) is 38.8 Å². The van der Waals surface area contributed by atoms with E-state index in [-0.39, 0.29) is 5.91 Å². The van der Waals surface area contributed by atoms with Gasteiger partial charge in [-0.15, -0.1) is 0 Å². The summed E-state index contributed by atoms with van der Waals surface area (Å²) in [5.41, 5.74) is 1.87. The summed E-state index contributed by atoms with van der Waals surface area (Å²) in [7, 11) is 0. The highest BCUT2D eigenvalue weighted by Crippen LogP contribution is 2.13. The zero-order chi connectivity index (χ0) is 12.7. The SMILES string of the molecule is CCCCNC(=O)CSc1nc(C)cc(C)n1. The zero-order valence-electron chi connectivity index (χ0n) is 10.6. The Morgan fingerprint density at radius 2 is 2.00 bits per heavy atom. The van der Waals surface area contributed by atoms with Gasteiger partial charge in [0, 0.05) is 17.9 Å². The van der Waals surface area contributed by atoms with Crippen LogP contribution in [0.5, 0.6) is 0 Å². The van der Waals surface area contributed by atoms with Gasteiger partial charge in [0.25, 0.3) is 0 Å². The molecule has 1 N–H and O–H groups in total. The summed E-state index contributed by atoms with van der Waals surface area (Å²) in [6.45, 7) is 6.72. The lowest BCUT2D eigenvalue weighted by Gasteiger charge is -2.04. The minimum Gasteiger partial charge on any atom is -0.355 e. The Morgan fingerprint density at radius 1 is 1.35 bits per heavy atom. The molecule has 5 heteroatoms. The average molecular weight is 253 g/mol. The number of thioether (sulfide) groups is 1. The Balaban J connectivity index is 2.36. The van der Waals surface area contributed by atoms with Gasteiger partial charge in [-0.1, -0.05) is 25.1 Å². The van der Waals surface area contributed by atoms with Gasteiger partial charge in [-0.25, -0.2) is 9.97 Å². The van der Waals surface area contributed by atoms with Crippen molar-refractivity contribution >= 4 is 17.7 Å². The second-order valence-corrected chi connectivity index (χ2v) is 4.87. The van der Waals surface area contributed by atoms with E-state index in [4.69, 9.17) is 0 Å². The number of unbranched alkanes of at least 4 members (excludes halogenated alkanes) is 1. The van der Waals surface area contributed by atoms with Crippen LogP contribution < -0.4 is 5.32 Å². The number of hydrogen-bond donors (Lipinski definition) is 1. The van der Waals surface area contributed by atoms with Crippen molar-refractivity contribution < 1.29 is 4.79 Å². The molecular formula is C12H19N3OS. The molecule has 1 aromatic rings. The monoisotopic (exact) mass is 253 g/mol. The molecule has 1 amide bonds. The Labute approximate surface area is 107 Å². The molecule has 0 fully saturated rings. The molecule has 1 rings (SSSR count). The van der Waals surface area contributed by atoms with Gasteiger partial charge < -0.3 is 5.32 Å². The summed E-state index contributed by atoms with van der Waals surface area (Å²) in [6, 6.07) is 1.92. The fourth-order valence-corrected chi connectivity index (χ4v) is 2.12. The van der Waals surface area contributed by atoms with E-state index < -0.39 is 0 Å². The Kier molecular flexibility index (Phi) is 5.97. The number of nitrogens with one attached hydrogen (secondary N) is 1. The normalized spacial score (nSPS) is 10.3. The maximum Gasteiger partial charge on any atom is 0.230 e. The highest BCUT2D eigenvalue weighted by atomic mass is 32.2. The van der Waals surface area contributed by atoms with E-state index in [1.54, 1.807) is 0 Å². The molecule has 0 saturated heterocycles. The van der Waals surface area contributed by atoms with Crippen LogP contribution in [0.4, 0.5) is 0 Å². The van der Waals surface area contributed by atoms with E-state index in [0.717, 1.165) is 30.8 Å². The first-order chi connectivity index (χ1) is 8.11. The van der Waals surface area contributed by atoms with Crippen molar-refractivity contribution in [2.24, 2.45) is 0 Å². The number of aryl methyl sites for hydroxylation is 2. The molecule has 0 aliphatic heterocycles. The van der Waals surface area contributed by atoms with Gasteiger partial charge in [0.05, 0.1) is 5.75 Å². The Bertz CT molecular complexity index is 362. The number of rotatable bonds is 6. The van der Waals surface area contributed by atoms with Gasteiger partial charge in [0.1, 0.15) is 0 Å². The number of hydrogen-bond acceptors (Lipinski definition) is 4. The van der Waals surface area contributed by atoms with Gasteiger partial charge >= 0.3 is 0 Å². The minimum atomic E-state index is 0.0474. The molecule has 0 bridgehead atoms. The quantitative estimate of drug-likeness (QED) is 0.479. The van der Waals surface area contributed by atoms with Crippen LogP contribution in [0.25, 0.3) is 0 Å². The fourth-order valence-electron chi connectivity index (χ4n) is 1.34. The van der Waals surface area contributed by atoms with E-state index in [9.17, 15) is 4.79 Å². The highest BCUT2D eigenvalue weighted by Gasteiger charge is 2.05. The topological polar surface area (TPSA) is 54.9 Å². The van der Waals surface area contributed by atoms with Crippen molar-refractivity contribution in [3.05, 3.63) is 17.5 Å². The first-order valence-corrected chi connectivity index (χ1v) is 6.82. The van der Waals surface area contributed by atoms with E-state index in [0.29, 0.717) is 10.9 Å². The average Bonchev–Trinajstić information content (AvgIpc) is 2.25. The summed E-state index contributed by atoms with van der Waals surface area (Å²) >= 11 is 1.38. The lowest BCUT2D eigenvalue weighted by Crippen LogP contribution is -2.26. The molecule has 17 heavy (non-hydrogen) atoms. The number of aromatic nitrogens is 2. The predicted molar refractivity (Wildman–Crippen MR) is 70.1 cm³/mol. The Hall–Kier alpha value is -1.10. The van der Waals surface area contributed by atoms with E-state index in [2.05, 4.69) is 22.2 Å². The van der Waals surface area contributed by atoms with Crippen LogP contribution in [0.15, 0.2) is 11.2 Å². The fraction of sp³-hybridized carbons (Fsp3) is 0.583. The van der Waals surface area contributed by atoms with Crippen molar-refractivity contribution in [3.63, 3.8) is 0 Å². The molecule has 0 saturated carbocycles. The third-order valence-corrected chi connectivity index (χ3v) is 2.99. The van der Waals surface area contributed by atoms with E-state index >= 15 is 0 Å². The number of nitrogens with zero attached hydrogens (tertiary/aromatic N) is 2. The van der Waals surface area contributed by atoms with Crippen molar-refractivity contribution in [1.29, 1.82) is 0 Å². The van der Waals surface area contributed by atoms with E-state index in [1.807, 2.05) is 19.9 Å². The summed E-state index contributed by atoms with van der Waals surface area (Å²) in [5, 5.41) is 3.54. The lowest BCUT2D eigenvalue weighted by molar-refractivity contribution is -0.118. The van der Waals surface area contributed by atoms with Gasteiger partial charge in [0.2, 0.25) is 5.91 Å². The molecule has 4 nitrogen and oxygen atoms in total. The molecule has 0 unspecified atom stereocenters. The second kappa shape index (κ2) is 7.27. The molecular weight excluding hydrogens is 234 g/mol. The van der Waals surface area contributed by atoms with Crippen LogP contribution in [0.2, 0.25) is 0 Å². The zero-order valence-corrected chi connectivity index (χ0v) is 11.4. The smallest absolute Gasteiger partial charge is 0.230 e. The molecule has 0 aliphatic rings. The third kappa shape index (κ3) is 5.68. The predicted octanol–water partition coefficient (Wildman–Crippen LogP) is 2.10.